The van der Waals surface area contributed by atoms with Crippen LogP contribution in [-0.4, -0.2) is 35.9 Å². The maximum absolute atomic E-state index is 13.2. The van der Waals surface area contributed by atoms with Gasteiger partial charge in [-0.05, 0) is 49.4 Å². The molecule has 28 heavy (non-hydrogen) atoms. The van der Waals surface area contributed by atoms with E-state index in [0.717, 1.165) is 24.0 Å². The predicted molar refractivity (Wildman–Crippen MR) is 109 cm³/mol. The van der Waals surface area contributed by atoms with Gasteiger partial charge in [0.1, 0.15) is 5.54 Å². The number of hydrogen-bond donors (Lipinski definition) is 1. The first-order valence-corrected chi connectivity index (χ1v) is 9.77. The topological polar surface area (TPSA) is 58.6 Å². The molecular formula is C23H28N2O3. The summed E-state index contributed by atoms with van der Waals surface area (Å²) < 4.78 is 5.24. The fraction of sp³-hybridized carbons (Fsp3) is 0.391. The molecule has 1 saturated heterocycles. The van der Waals surface area contributed by atoms with Crippen molar-refractivity contribution in [1.82, 2.24) is 10.2 Å². The van der Waals surface area contributed by atoms with Gasteiger partial charge in [0.25, 0.3) is 5.91 Å². The fourth-order valence-corrected chi connectivity index (χ4v) is 3.81. The molecular weight excluding hydrogens is 352 g/mol. The highest BCUT2D eigenvalue weighted by atomic mass is 16.5. The zero-order valence-corrected chi connectivity index (χ0v) is 16.6. The van der Waals surface area contributed by atoms with E-state index in [2.05, 4.69) is 5.32 Å². The van der Waals surface area contributed by atoms with Crippen LogP contribution in [0.1, 0.15) is 47.7 Å². The highest BCUT2D eigenvalue weighted by Gasteiger charge is 2.43. The zero-order chi connectivity index (χ0) is 20.0. The summed E-state index contributed by atoms with van der Waals surface area (Å²) in [5, 5.41) is 3.06. The minimum atomic E-state index is -0.846. The molecule has 0 spiro atoms. The molecule has 5 nitrogen and oxygen atoms in total. The molecule has 1 N–H and O–H groups in total. The second kappa shape index (κ2) is 9.02. The van der Waals surface area contributed by atoms with Crippen LogP contribution >= 0.6 is 0 Å². The third kappa shape index (κ3) is 4.25. The standard InChI is InChI=1S/C23H28N2O3/c1-23(22(27)24-16-19-12-6-7-13-20(19)17-28-2)14-8-9-15-25(23)21(26)18-10-4-3-5-11-18/h3-7,10-13H,8-9,14-17H2,1-2H3,(H,24,27). The van der Waals surface area contributed by atoms with Crippen molar-refractivity contribution < 1.29 is 14.3 Å². The predicted octanol–water partition coefficient (Wildman–Crippen LogP) is 3.53. The van der Waals surface area contributed by atoms with Gasteiger partial charge < -0.3 is 15.0 Å². The van der Waals surface area contributed by atoms with E-state index < -0.39 is 5.54 Å². The van der Waals surface area contributed by atoms with Crippen molar-refractivity contribution in [1.29, 1.82) is 0 Å². The number of hydrogen-bond acceptors (Lipinski definition) is 3. The smallest absolute Gasteiger partial charge is 0.254 e. The second-order valence-electron chi connectivity index (χ2n) is 7.44. The highest BCUT2D eigenvalue weighted by Crippen LogP contribution is 2.30. The number of piperidine rings is 1. The van der Waals surface area contributed by atoms with Crippen LogP contribution in [0, 0.1) is 0 Å². The van der Waals surface area contributed by atoms with Gasteiger partial charge >= 0.3 is 0 Å². The minimum Gasteiger partial charge on any atom is -0.380 e. The number of methoxy groups -OCH3 is 1. The third-order valence-electron chi connectivity index (χ3n) is 5.50. The summed E-state index contributed by atoms with van der Waals surface area (Å²) in [6, 6.07) is 17.1. The SMILES string of the molecule is COCc1ccccc1CNC(=O)C1(C)CCCCN1C(=O)c1ccccc1. The Hall–Kier alpha value is -2.66. The Balaban J connectivity index is 1.75. The highest BCUT2D eigenvalue weighted by molar-refractivity contribution is 5.99. The summed E-state index contributed by atoms with van der Waals surface area (Å²) >= 11 is 0. The number of likely N-dealkylation sites (tertiary alicyclic amines) is 1. The van der Waals surface area contributed by atoms with E-state index in [-0.39, 0.29) is 11.8 Å². The van der Waals surface area contributed by atoms with E-state index in [1.165, 1.54) is 0 Å². The molecule has 0 aliphatic carbocycles. The molecule has 0 aromatic heterocycles. The number of nitrogens with one attached hydrogen (secondary N) is 1. The minimum absolute atomic E-state index is 0.0854. The van der Waals surface area contributed by atoms with Crippen LogP contribution in [0.5, 0.6) is 0 Å². The van der Waals surface area contributed by atoms with Gasteiger partial charge in [-0.15, -0.1) is 0 Å². The van der Waals surface area contributed by atoms with Crippen LogP contribution in [0.25, 0.3) is 0 Å². The number of nitrogens with zero attached hydrogens (tertiary/aromatic N) is 1. The molecule has 0 radical (unpaired) electrons. The van der Waals surface area contributed by atoms with E-state index in [1.54, 1.807) is 24.1 Å². The molecule has 0 saturated carbocycles. The van der Waals surface area contributed by atoms with Crippen LogP contribution in [0.3, 0.4) is 0 Å². The first kappa shape index (κ1) is 20.1. The molecule has 2 aromatic carbocycles. The molecule has 1 fully saturated rings. The Labute approximate surface area is 166 Å². The Morgan fingerprint density at radius 2 is 1.71 bits per heavy atom. The van der Waals surface area contributed by atoms with Gasteiger partial charge in [-0.2, -0.15) is 0 Å². The molecule has 3 rings (SSSR count). The summed E-state index contributed by atoms with van der Waals surface area (Å²) in [7, 11) is 1.66. The van der Waals surface area contributed by atoms with Crippen LogP contribution in [-0.2, 0) is 22.7 Å². The molecule has 2 amide bonds. The Kier molecular flexibility index (Phi) is 6.47. The van der Waals surface area contributed by atoms with E-state index in [9.17, 15) is 9.59 Å². The van der Waals surface area contributed by atoms with Gasteiger partial charge in [-0.1, -0.05) is 42.5 Å². The number of ether oxygens (including phenoxy) is 1. The van der Waals surface area contributed by atoms with Crippen molar-refractivity contribution in [2.24, 2.45) is 0 Å². The average molecular weight is 380 g/mol. The number of rotatable bonds is 6. The number of benzene rings is 2. The van der Waals surface area contributed by atoms with Gasteiger partial charge in [-0.3, -0.25) is 9.59 Å². The van der Waals surface area contributed by atoms with Crippen LogP contribution in [0.15, 0.2) is 54.6 Å². The largest absolute Gasteiger partial charge is 0.380 e. The monoisotopic (exact) mass is 380 g/mol. The van der Waals surface area contributed by atoms with Crippen molar-refractivity contribution in [3.63, 3.8) is 0 Å². The molecule has 1 aliphatic heterocycles. The molecule has 0 bridgehead atoms. The van der Waals surface area contributed by atoms with E-state index in [0.29, 0.717) is 31.7 Å². The van der Waals surface area contributed by atoms with Gasteiger partial charge in [0.2, 0.25) is 5.91 Å². The lowest BCUT2D eigenvalue weighted by atomic mass is 9.86. The van der Waals surface area contributed by atoms with Crippen molar-refractivity contribution in [2.45, 2.75) is 44.9 Å². The quantitative estimate of drug-likeness (QED) is 0.834. The molecule has 5 heteroatoms. The Bertz CT molecular complexity index is 822. The van der Waals surface area contributed by atoms with Crippen molar-refractivity contribution in [2.75, 3.05) is 13.7 Å². The first-order chi connectivity index (χ1) is 13.6. The summed E-state index contributed by atoms with van der Waals surface area (Å²) in [4.78, 5) is 28.0. The van der Waals surface area contributed by atoms with Crippen molar-refractivity contribution in [3.8, 4) is 0 Å². The number of carbonyl (C=O) groups excluding carboxylic acids is 2. The third-order valence-corrected chi connectivity index (χ3v) is 5.50. The van der Waals surface area contributed by atoms with E-state index in [4.69, 9.17) is 4.74 Å². The Morgan fingerprint density at radius 1 is 1.04 bits per heavy atom. The van der Waals surface area contributed by atoms with Gasteiger partial charge in [0, 0.05) is 25.8 Å². The van der Waals surface area contributed by atoms with Crippen molar-refractivity contribution in [3.05, 3.63) is 71.3 Å². The fourth-order valence-electron chi connectivity index (χ4n) is 3.81. The van der Waals surface area contributed by atoms with Crippen LogP contribution in [0.4, 0.5) is 0 Å². The maximum Gasteiger partial charge on any atom is 0.254 e. The normalized spacial score (nSPS) is 19.3. The molecule has 148 valence electrons. The summed E-state index contributed by atoms with van der Waals surface area (Å²) in [5.74, 6) is -0.193. The molecule has 1 atom stereocenters. The van der Waals surface area contributed by atoms with Crippen LogP contribution in [0.2, 0.25) is 0 Å². The molecule has 1 unspecified atom stereocenters. The molecule has 2 aromatic rings. The number of amides is 2. The van der Waals surface area contributed by atoms with E-state index >= 15 is 0 Å². The Morgan fingerprint density at radius 3 is 2.43 bits per heavy atom. The lowest BCUT2D eigenvalue weighted by Gasteiger charge is -2.43. The summed E-state index contributed by atoms with van der Waals surface area (Å²) in [6.07, 6.45) is 2.51. The van der Waals surface area contributed by atoms with Gasteiger partial charge in [-0.25, -0.2) is 0 Å². The lowest BCUT2D eigenvalue weighted by molar-refractivity contribution is -0.133. The average Bonchev–Trinajstić information content (AvgIpc) is 2.73. The molecule has 1 aliphatic rings. The van der Waals surface area contributed by atoms with Crippen molar-refractivity contribution >= 4 is 11.8 Å². The zero-order valence-electron chi connectivity index (χ0n) is 16.6. The van der Waals surface area contributed by atoms with Gasteiger partial charge in [0.05, 0.1) is 6.61 Å². The number of carbonyl (C=O) groups is 2. The summed E-state index contributed by atoms with van der Waals surface area (Å²) in [6.45, 7) is 3.39. The maximum atomic E-state index is 13.2. The lowest BCUT2D eigenvalue weighted by Crippen LogP contribution is -2.60. The summed E-state index contributed by atoms with van der Waals surface area (Å²) in [5.41, 5.74) is 1.85. The van der Waals surface area contributed by atoms with Crippen LogP contribution < -0.4 is 5.32 Å². The molecule has 1 heterocycles. The van der Waals surface area contributed by atoms with Gasteiger partial charge in [0.15, 0.2) is 0 Å². The van der Waals surface area contributed by atoms with E-state index in [1.807, 2.05) is 49.4 Å². The first-order valence-electron chi connectivity index (χ1n) is 9.77. The second-order valence-corrected chi connectivity index (χ2v) is 7.44.